The molecule has 0 aromatic carbocycles. The summed E-state index contributed by atoms with van der Waals surface area (Å²) >= 11 is 0. The van der Waals surface area contributed by atoms with E-state index in [4.69, 9.17) is 4.74 Å². The third kappa shape index (κ3) is 5.36. The van der Waals surface area contributed by atoms with Crippen molar-refractivity contribution >= 4 is 0 Å². The first kappa shape index (κ1) is 14.9. The van der Waals surface area contributed by atoms with Crippen LogP contribution < -0.4 is 0 Å². The van der Waals surface area contributed by atoms with E-state index in [0.29, 0.717) is 5.92 Å². The number of likely N-dealkylation sites (N-methyl/N-ethyl adjacent to an activating group) is 1. The van der Waals surface area contributed by atoms with Crippen LogP contribution in [0.1, 0.15) is 39.5 Å². The van der Waals surface area contributed by atoms with E-state index in [1.54, 1.807) is 0 Å². The number of ether oxygens (including phenoxy) is 1. The molecule has 0 aromatic heterocycles. The van der Waals surface area contributed by atoms with Crippen LogP contribution in [0.3, 0.4) is 0 Å². The van der Waals surface area contributed by atoms with Gasteiger partial charge in [0, 0.05) is 19.7 Å². The van der Waals surface area contributed by atoms with Crippen molar-refractivity contribution in [2.75, 3.05) is 33.4 Å². The van der Waals surface area contributed by atoms with Crippen molar-refractivity contribution in [3.63, 3.8) is 0 Å². The van der Waals surface area contributed by atoms with E-state index in [9.17, 15) is 5.11 Å². The molecule has 0 aromatic rings. The summed E-state index contributed by atoms with van der Waals surface area (Å²) in [5.74, 6) is 1.28. The van der Waals surface area contributed by atoms with Crippen molar-refractivity contribution in [3.05, 3.63) is 0 Å². The van der Waals surface area contributed by atoms with Gasteiger partial charge in [0.25, 0.3) is 0 Å². The van der Waals surface area contributed by atoms with Crippen LogP contribution in [0.25, 0.3) is 0 Å². The summed E-state index contributed by atoms with van der Waals surface area (Å²) in [6, 6.07) is 0. The van der Waals surface area contributed by atoms with Gasteiger partial charge in [0.2, 0.25) is 0 Å². The third-order valence-corrected chi connectivity index (χ3v) is 4.00. The Morgan fingerprint density at radius 2 is 2.06 bits per heavy atom. The van der Waals surface area contributed by atoms with Gasteiger partial charge in [0.1, 0.15) is 0 Å². The molecular formula is C14H29NO2. The maximum Gasteiger partial charge on any atom is 0.0593 e. The maximum absolute atomic E-state index is 10.0. The fourth-order valence-corrected chi connectivity index (χ4v) is 2.77. The van der Waals surface area contributed by atoms with Crippen molar-refractivity contribution < 1.29 is 9.84 Å². The molecule has 0 aliphatic heterocycles. The molecule has 3 unspecified atom stereocenters. The fraction of sp³-hybridized carbons (Fsp3) is 1.00. The second kappa shape index (κ2) is 8.06. The first-order chi connectivity index (χ1) is 8.17. The first-order valence-electron chi connectivity index (χ1n) is 7.11. The smallest absolute Gasteiger partial charge is 0.0593 e. The Bertz CT molecular complexity index is 199. The summed E-state index contributed by atoms with van der Waals surface area (Å²) < 4.78 is 5.36. The highest BCUT2D eigenvalue weighted by Gasteiger charge is 2.28. The second-order valence-electron chi connectivity index (χ2n) is 5.37. The lowest BCUT2D eigenvalue weighted by Gasteiger charge is -2.35. The molecule has 1 rings (SSSR count). The van der Waals surface area contributed by atoms with Crippen LogP contribution in [0.5, 0.6) is 0 Å². The Balaban J connectivity index is 2.27. The molecule has 0 bridgehead atoms. The van der Waals surface area contributed by atoms with E-state index in [-0.39, 0.29) is 6.10 Å². The van der Waals surface area contributed by atoms with Crippen LogP contribution >= 0.6 is 0 Å². The molecule has 0 radical (unpaired) electrons. The molecule has 102 valence electrons. The lowest BCUT2D eigenvalue weighted by molar-refractivity contribution is 0.0256. The number of rotatable bonds is 7. The van der Waals surface area contributed by atoms with E-state index in [1.807, 2.05) is 6.92 Å². The molecule has 3 heteroatoms. The minimum absolute atomic E-state index is 0.0904. The maximum atomic E-state index is 10.0. The van der Waals surface area contributed by atoms with Crippen molar-refractivity contribution in [2.24, 2.45) is 11.8 Å². The zero-order chi connectivity index (χ0) is 12.7. The average molecular weight is 243 g/mol. The quantitative estimate of drug-likeness (QED) is 0.695. The summed E-state index contributed by atoms with van der Waals surface area (Å²) in [4.78, 5) is 2.29. The van der Waals surface area contributed by atoms with Gasteiger partial charge in [0.15, 0.2) is 0 Å². The molecule has 1 N–H and O–H groups in total. The molecule has 0 saturated heterocycles. The zero-order valence-electron chi connectivity index (χ0n) is 11.7. The third-order valence-electron chi connectivity index (χ3n) is 4.00. The van der Waals surface area contributed by atoms with E-state index >= 15 is 0 Å². The molecule has 3 atom stereocenters. The average Bonchev–Trinajstić information content (AvgIpc) is 2.32. The van der Waals surface area contributed by atoms with Crippen LogP contribution in [0, 0.1) is 11.8 Å². The van der Waals surface area contributed by atoms with Crippen molar-refractivity contribution in [2.45, 2.75) is 45.6 Å². The van der Waals surface area contributed by atoms with Gasteiger partial charge in [0.05, 0.1) is 12.7 Å². The lowest BCUT2D eigenvalue weighted by Crippen LogP contribution is -2.38. The topological polar surface area (TPSA) is 32.7 Å². The molecule has 1 aliphatic carbocycles. The largest absolute Gasteiger partial charge is 0.393 e. The molecule has 1 saturated carbocycles. The van der Waals surface area contributed by atoms with Gasteiger partial charge >= 0.3 is 0 Å². The minimum Gasteiger partial charge on any atom is -0.393 e. The Labute approximate surface area is 106 Å². The lowest BCUT2D eigenvalue weighted by atomic mass is 9.78. The first-order valence-corrected chi connectivity index (χ1v) is 7.11. The zero-order valence-corrected chi connectivity index (χ0v) is 11.7. The van der Waals surface area contributed by atoms with Crippen molar-refractivity contribution in [3.8, 4) is 0 Å². The van der Waals surface area contributed by atoms with Crippen LogP contribution in [0.15, 0.2) is 0 Å². The van der Waals surface area contributed by atoms with Gasteiger partial charge in [-0.15, -0.1) is 0 Å². The predicted molar refractivity (Wildman–Crippen MR) is 71.1 cm³/mol. The number of aliphatic hydroxyl groups is 1. The summed E-state index contributed by atoms with van der Waals surface area (Å²) in [7, 11) is 2.13. The van der Waals surface area contributed by atoms with Crippen molar-refractivity contribution in [1.82, 2.24) is 4.90 Å². The summed E-state index contributed by atoms with van der Waals surface area (Å²) in [6.07, 6.45) is 4.55. The number of aliphatic hydroxyl groups excluding tert-OH is 1. The van der Waals surface area contributed by atoms with Gasteiger partial charge in [-0.3, -0.25) is 0 Å². The van der Waals surface area contributed by atoms with Crippen LogP contribution in [0.2, 0.25) is 0 Å². The van der Waals surface area contributed by atoms with Crippen LogP contribution in [-0.4, -0.2) is 49.5 Å². The van der Waals surface area contributed by atoms with Crippen molar-refractivity contribution in [1.29, 1.82) is 0 Å². The highest BCUT2D eigenvalue weighted by atomic mass is 16.5. The summed E-state index contributed by atoms with van der Waals surface area (Å²) in [5, 5.41) is 10.0. The van der Waals surface area contributed by atoms with Crippen LogP contribution in [-0.2, 0) is 4.74 Å². The fourth-order valence-electron chi connectivity index (χ4n) is 2.77. The summed E-state index contributed by atoms with van der Waals surface area (Å²) in [6.45, 7) is 7.85. The molecule has 17 heavy (non-hydrogen) atoms. The van der Waals surface area contributed by atoms with Gasteiger partial charge in [-0.2, -0.15) is 0 Å². The predicted octanol–water partition coefficient (Wildman–Crippen LogP) is 2.14. The molecule has 0 spiro atoms. The van der Waals surface area contributed by atoms with Gasteiger partial charge in [-0.1, -0.05) is 13.3 Å². The molecule has 0 heterocycles. The van der Waals surface area contributed by atoms with E-state index < -0.39 is 0 Å². The highest BCUT2D eigenvalue weighted by molar-refractivity contribution is 4.81. The normalized spacial score (nSPS) is 29.8. The molecule has 1 fully saturated rings. The Kier molecular flexibility index (Phi) is 7.09. The van der Waals surface area contributed by atoms with E-state index in [0.717, 1.165) is 38.6 Å². The van der Waals surface area contributed by atoms with E-state index in [2.05, 4.69) is 18.9 Å². The Morgan fingerprint density at radius 3 is 2.71 bits per heavy atom. The molecule has 3 nitrogen and oxygen atoms in total. The molecular weight excluding hydrogens is 214 g/mol. The van der Waals surface area contributed by atoms with E-state index in [1.165, 1.54) is 19.3 Å². The summed E-state index contributed by atoms with van der Waals surface area (Å²) in [5.41, 5.74) is 0. The number of hydrogen-bond donors (Lipinski definition) is 1. The number of nitrogens with zero attached hydrogens (tertiary/aromatic N) is 1. The number of hydrogen-bond acceptors (Lipinski definition) is 3. The Morgan fingerprint density at radius 1 is 1.29 bits per heavy atom. The van der Waals surface area contributed by atoms with Gasteiger partial charge < -0.3 is 14.7 Å². The highest BCUT2D eigenvalue weighted by Crippen LogP contribution is 2.31. The molecule has 0 amide bonds. The van der Waals surface area contributed by atoms with Crippen LogP contribution in [0.4, 0.5) is 0 Å². The van der Waals surface area contributed by atoms with Gasteiger partial charge in [-0.05, 0) is 45.1 Å². The minimum atomic E-state index is -0.0904. The Hall–Kier alpha value is -0.120. The molecule has 1 aliphatic rings. The van der Waals surface area contributed by atoms with Gasteiger partial charge in [-0.25, -0.2) is 0 Å². The monoisotopic (exact) mass is 243 g/mol. The second-order valence-corrected chi connectivity index (χ2v) is 5.37. The standard InChI is InChI=1S/C14H29NO2/c1-4-12-6-7-14(16)13(10-12)11-15(3)8-9-17-5-2/h12-14,16H,4-11H2,1-3H3. The SMILES string of the molecule is CCOCCN(C)CC1CC(CC)CCC1O.